The van der Waals surface area contributed by atoms with Crippen LogP contribution in [0.2, 0.25) is 0 Å². The molecule has 2 aromatic rings. The van der Waals surface area contributed by atoms with Crippen LogP contribution in [0.5, 0.6) is 23.0 Å². The zero-order chi connectivity index (χ0) is 33.2. The number of hydrogen-bond donors (Lipinski definition) is 2. The van der Waals surface area contributed by atoms with E-state index in [-0.39, 0.29) is 23.4 Å². The first-order chi connectivity index (χ1) is 22.2. The molecular weight excluding hydrogens is 584 g/mol. The average Bonchev–Trinajstić information content (AvgIpc) is 3.06. The summed E-state index contributed by atoms with van der Waals surface area (Å²) in [6, 6.07) is 7.34. The highest BCUT2D eigenvalue weighted by Gasteiger charge is 2.57. The maximum atomic E-state index is 12.8. The van der Waals surface area contributed by atoms with Gasteiger partial charge in [0, 0.05) is 35.1 Å². The molecule has 0 radical (unpaired) electrons. The number of carbonyl (C=O) groups is 2. The Hall–Kier alpha value is -3.62. The first-order valence-corrected chi connectivity index (χ1v) is 16.3. The van der Waals surface area contributed by atoms with Crippen molar-refractivity contribution in [2.75, 3.05) is 28.4 Å². The first kappa shape index (κ1) is 33.7. The lowest BCUT2D eigenvalue weighted by atomic mass is 9.54. The Bertz CT molecular complexity index is 1380. The minimum absolute atomic E-state index is 0.116. The number of allylic oxidation sites excluding steroid dienone is 2. The van der Waals surface area contributed by atoms with Crippen LogP contribution in [0.25, 0.3) is 0 Å². The third kappa shape index (κ3) is 5.14. The molecule has 0 spiro atoms. The third-order valence-corrected chi connectivity index (χ3v) is 11.2. The molecular formula is C38H48O8. The lowest BCUT2D eigenvalue weighted by Gasteiger charge is -2.49. The Kier molecular flexibility index (Phi) is 9.99. The highest BCUT2D eigenvalue weighted by molar-refractivity contribution is 5.88. The number of aliphatic hydroxyl groups is 2. The average molecular weight is 633 g/mol. The fourth-order valence-electron chi connectivity index (χ4n) is 9.05. The van der Waals surface area contributed by atoms with Crippen LogP contribution in [0.15, 0.2) is 49.6 Å². The van der Waals surface area contributed by atoms with Gasteiger partial charge in [-0.05, 0) is 87.5 Å². The predicted octanol–water partition coefficient (Wildman–Crippen LogP) is 6.45. The Morgan fingerprint density at radius 3 is 1.35 bits per heavy atom. The van der Waals surface area contributed by atoms with Crippen LogP contribution in [0.3, 0.4) is 0 Å². The summed E-state index contributed by atoms with van der Waals surface area (Å²) in [5.41, 5.74) is 1.82. The van der Waals surface area contributed by atoms with Gasteiger partial charge >= 0.3 is 0 Å². The number of rotatable bonds is 8. The van der Waals surface area contributed by atoms with Gasteiger partial charge in [-0.15, -0.1) is 13.2 Å². The van der Waals surface area contributed by atoms with Crippen molar-refractivity contribution in [3.8, 4) is 23.0 Å². The van der Waals surface area contributed by atoms with Gasteiger partial charge in [-0.3, -0.25) is 9.59 Å². The van der Waals surface area contributed by atoms with Crippen LogP contribution in [0.4, 0.5) is 0 Å². The monoisotopic (exact) mass is 632 g/mol. The molecule has 0 saturated heterocycles. The molecule has 0 bridgehead atoms. The predicted molar refractivity (Wildman–Crippen MR) is 176 cm³/mol. The smallest absolute Gasteiger partial charge is 0.142 e. The van der Waals surface area contributed by atoms with Gasteiger partial charge < -0.3 is 29.2 Å². The molecule has 8 nitrogen and oxygen atoms in total. The molecule has 4 aliphatic rings. The van der Waals surface area contributed by atoms with Crippen molar-refractivity contribution in [3.63, 3.8) is 0 Å². The molecule has 8 heteroatoms. The van der Waals surface area contributed by atoms with E-state index in [9.17, 15) is 19.8 Å². The summed E-state index contributed by atoms with van der Waals surface area (Å²) in [4.78, 5) is 25.7. The molecule has 2 N–H and O–H groups in total. The van der Waals surface area contributed by atoms with E-state index in [0.717, 1.165) is 61.2 Å². The highest BCUT2D eigenvalue weighted by Crippen LogP contribution is 2.59. The number of hydrogen-bond acceptors (Lipinski definition) is 8. The largest absolute Gasteiger partial charge is 0.496 e. The van der Waals surface area contributed by atoms with Crippen molar-refractivity contribution in [1.82, 2.24) is 0 Å². The molecule has 0 aliphatic heterocycles. The zero-order valence-corrected chi connectivity index (χ0v) is 27.6. The number of fused-ring (bicyclic) bond motifs is 4. The molecule has 2 fully saturated rings. The third-order valence-electron chi connectivity index (χ3n) is 11.2. The summed E-state index contributed by atoms with van der Waals surface area (Å²) in [6.07, 6.45) is 8.92. The SMILES string of the molecule is C=CC[C@@]12C(=O)CCC[C@@H]1Cc1c(OC)ccc(OC)c1[C@@H]2O.C=CC[C@@]12C(=O)CCC[C@@H]1Cc1c(OC)ccc(OC)c1[C@@H]2O. The van der Waals surface area contributed by atoms with Crippen LogP contribution in [0.1, 0.15) is 85.8 Å². The van der Waals surface area contributed by atoms with Crippen molar-refractivity contribution in [3.05, 3.63) is 71.8 Å². The van der Waals surface area contributed by atoms with Crippen molar-refractivity contribution in [2.45, 2.75) is 76.4 Å². The molecule has 6 rings (SSSR count). The lowest BCUT2D eigenvalue weighted by Crippen LogP contribution is -2.50. The van der Waals surface area contributed by atoms with Crippen LogP contribution in [-0.4, -0.2) is 50.2 Å². The number of benzene rings is 2. The van der Waals surface area contributed by atoms with Gasteiger partial charge in [-0.1, -0.05) is 12.2 Å². The van der Waals surface area contributed by atoms with Crippen molar-refractivity contribution >= 4 is 11.6 Å². The molecule has 6 atom stereocenters. The lowest BCUT2D eigenvalue weighted by molar-refractivity contribution is -0.148. The quantitative estimate of drug-likeness (QED) is 0.320. The number of aliphatic hydroxyl groups excluding tert-OH is 2. The van der Waals surface area contributed by atoms with E-state index < -0.39 is 23.0 Å². The van der Waals surface area contributed by atoms with Gasteiger partial charge in [0.05, 0.1) is 51.5 Å². The van der Waals surface area contributed by atoms with Crippen LogP contribution in [0, 0.1) is 22.7 Å². The normalized spacial score (nSPS) is 29.4. The summed E-state index contributed by atoms with van der Waals surface area (Å²) >= 11 is 0. The minimum Gasteiger partial charge on any atom is -0.496 e. The molecule has 2 saturated carbocycles. The highest BCUT2D eigenvalue weighted by atomic mass is 16.5. The Morgan fingerprint density at radius 2 is 1.02 bits per heavy atom. The van der Waals surface area contributed by atoms with Gasteiger partial charge in [0.1, 0.15) is 34.6 Å². The van der Waals surface area contributed by atoms with Gasteiger partial charge in [0.25, 0.3) is 0 Å². The summed E-state index contributed by atoms with van der Waals surface area (Å²) in [7, 11) is 6.44. The van der Waals surface area contributed by atoms with E-state index in [4.69, 9.17) is 18.9 Å². The summed E-state index contributed by atoms with van der Waals surface area (Å²) in [5.74, 6) is 3.28. The van der Waals surface area contributed by atoms with Crippen LogP contribution < -0.4 is 18.9 Å². The molecule has 248 valence electrons. The first-order valence-electron chi connectivity index (χ1n) is 16.3. The van der Waals surface area contributed by atoms with Gasteiger partial charge in [-0.2, -0.15) is 0 Å². The van der Waals surface area contributed by atoms with Crippen LogP contribution >= 0.6 is 0 Å². The Morgan fingerprint density at radius 1 is 0.674 bits per heavy atom. The van der Waals surface area contributed by atoms with E-state index in [1.54, 1.807) is 52.7 Å². The van der Waals surface area contributed by atoms with Gasteiger partial charge in [-0.25, -0.2) is 0 Å². The number of ketones is 2. The fraction of sp³-hybridized carbons (Fsp3) is 0.526. The van der Waals surface area contributed by atoms with Crippen molar-refractivity contribution in [2.24, 2.45) is 22.7 Å². The summed E-state index contributed by atoms with van der Waals surface area (Å²) in [5, 5.41) is 22.5. The Labute approximate surface area is 272 Å². The maximum absolute atomic E-state index is 12.8. The van der Waals surface area contributed by atoms with Gasteiger partial charge in [0.2, 0.25) is 0 Å². The molecule has 46 heavy (non-hydrogen) atoms. The number of Topliss-reactive ketones (excluding diaryl/α,β-unsaturated/α-hetero) is 2. The standard InChI is InChI=1S/2C19H24O4/c2*1-4-10-19-12(6-5-7-16(19)20)11-13-14(22-2)8-9-15(23-3)17(13)18(19)21/h2*4,8-9,12,18,21H,1,5-7,10-11H2,2-3H3/t2*12-,18+,19+/m11/s1. The molecule has 0 heterocycles. The topological polar surface area (TPSA) is 112 Å². The van der Waals surface area contributed by atoms with E-state index in [2.05, 4.69) is 13.2 Å². The van der Waals surface area contributed by atoms with Crippen molar-refractivity contribution in [1.29, 1.82) is 0 Å². The van der Waals surface area contributed by atoms with E-state index >= 15 is 0 Å². The maximum Gasteiger partial charge on any atom is 0.142 e. The molecule has 0 amide bonds. The molecule has 4 aliphatic carbocycles. The second kappa shape index (κ2) is 13.6. The Balaban J connectivity index is 0.000000181. The molecule has 0 unspecified atom stereocenters. The molecule has 0 aromatic heterocycles. The molecule has 2 aromatic carbocycles. The number of methoxy groups -OCH3 is 4. The second-order valence-electron chi connectivity index (χ2n) is 13.0. The number of ether oxygens (including phenoxy) is 4. The summed E-state index contributed by atoms with van der Waals surface area (Å²) < 4.78 is 21.9. The van der Waals surface area contributed by atoms with E-state index in [0.29, 0.717) is 48.3 Å². The number of carbonyl (C=O) groups excluding carboxylic acids is 2. The van der Waals surface area contributed by atoms with Gasteiger partial charge in [0.15, 0.2) is 0 Å². The van der Waals surface area contributed by atoms with Crippen LogP contribution in [-0.2, 0) is 22.4 Å². The van der Waals surface area contributed by atoms with E-state index in [1.165, 1.54) is 0 Å². The minimum atomic E-state index is -0.882. The fourth-order valence-corrected chi connectivity index (χ4v) is 9.05. The zero-order valence-electron chi connectivity index (χ0n) is 27.6. The summed E-state index contributed by atoms with van der Waals surface area (Å²) in [6.45, 7) is 7.64. The second-order valence-corrected chi connectivity index (χ2v) is 13.0. The van der Waals surface area contributed by atoms with Crippen molar-refractivity contribution < 1.29 is 38.7 Å². The van der Waals surface area contributed by atoms with E-state index in [1.807, 2.05) is 12.1 Å².